The van der Waals surface area contributed by atoms with Crippen LogP contribution in [0, 0.1) is 5.92 Å². The van der Waals surface area contributed by atoms with Gasteiger partial charge in [0.1, 0.15) is 0 Å². The lowest BCUT2D eigenvalue weighted by molar-refractivity contribution is -0.155. The van der Waals surface area contributed by atoms with Crippen LogP contribution >= 0.6 is 0 Å². The van der Waals surface area contributed by atoms with Gasteiger partial charge in [-0.1, -0.05) is 238 Å². The SMILES string of the molecule is CCCCCCCCCC/C=C/CCCCCCCCC(CC(=O)OCCCCCCCCCCCCC)C(=O)OCCCCCCCCCCCCC. The van der Waals surface area contributed by atoms with Crippen molar-refractivity contribution in [2.24, 2.45) is 5.92 Å². The first kappa shape index (κ1) is 52.7. The molecule has 0 bridgehead atoms. The van der Waals surface area contributed by atoms with Crippen LogP contribution in [0.1, 0.15) is 278 Å². The van der Waals surface area contributed by atoms with Crippen molar-refractivity contribution in [1.82, 2.24) is 0 Å². The molecule has 0 heterocycles. The molecule has 0 saturated heterocycles. The summed E-state index contributed by atoms with van der Waals surface area (Å²) in [4.78, 5) is 25.9. The first-order valence-corrected chi connectivity index (χ1v) is 24.6. The molecule has 0 rings (SSSR count). The summed E-state index contributed by atoms with van der Waals surface area (Å²) in [6, 6.07) is 0. The molecule has 4 nitrogen and oxygen atoms in total. The van der Waals surface area contributed by atoms with Crippen molar-refractivity contribution in [1.29, 1.82) is 0 Å². The number of rotatable bonds is 45. The molecule has 0 N–H and O–H groups in total. The molecule has 0 aromatic carbocycles. The van der Waals surface area contributed by atoms with Crippen molar-refractivity contribution in [3.8, 4) is 0 Å². The molecule has 1 unspecified atom stereocenters. The molecule has 0 aromatic rings. The molecule has 0 aliphatic rings. The Morgan fingerprint density at radius 1 is 0.370 bits per heavy atom. The number of esters is 2. The molecule has 0 fully saturated rings. The average molecular weight is 761 g/mol. The van der Waals surface area contributed by atoms with Crippen LogP contribution < -0.4 is 0 Å². The standard InChI is InChI=1S/C50H96O4/c1-4-7-10-13-16-19-22-23-24-25-26-27-28-29-32-35-38-41-44-48(50(52)54-46-43-40-37-34-31-21-18-15-12-9-6-3)47-49(51)53-45-42-39-36-33-30-20-17-14-11-8-5-2/h25-26,48H,4-24,27-47H2,1-3H3/b26-25+. The number of ether oxygens (including phenoxy) is 2. The molecule has 0 saturated carbocycles. The minimum atomic E-state index is -0.367. The molecule has 0 aliphatic heterocycles. The molecule has 0 spiro atoms. The lowest BCUT2D eigenvalue weighted by Crippen LogP contribution is -2.23. The first-order valence-electron chi connectivity index (χ1n) is 24.6. The Kier molecular flexibility index (Phi) is 44.9. The van der Waals surface area contributed by atoms with Gasteiger partial charge in [-0.15, -0.1) is 0 Å². The summed E-state index contributed by atoms with van der Waals surface area (Å²) in [7, 11) is 0. The van der Waals surface area contributed by atoms with Crippen LogP contribution in [0.4, 0.5) is 0 Å². The number of hydrogen-bond donors (Lipinski definition) is 0. The molecule has 320 valence electrons. The number of carbonyl (C=O) groups excluding carboxylic acids is 2. The summed E-state index contributed by atoms with van der Waals surface area (Å²) >= 11 is 0. The van der Waals surface area contributed by atoms with Gasteiger partial charge in [0.25, 0.3) is 0 Å². The first-order chi connectivity index (χ1) is 26.7. The number of allylic oxidation sites excluding steroid dienone is 2. The monoisotopic (exact) mass is 761 g/mol. The highest BCUT2D eigenvalue weighted by Crippen LogP contribution is 2.20. The number of unbranched alkanes of at least 4 members (excludes halogenated alkanes) is 34. The van der Waals surface area contributed by atoms with E-state index in [-0.39, 0.29) is 24.3 Å². The Balaban J connectivity index is 4.22. The second kappa shape index (κ2) is 46.1. The Bertz CT molecular complexity index is 777. The third-order valence-corrected chi connectivity index (χ3v) is 11.3. The van der Waals surface area contributed by atoms with Gasteiger partial charge < -0.3 is 9.47 Å². The maximum absolute atomic E-state index is 13.1. The Labute approximate surface area is 338 Å². The van der Waals surface area contributed by atoms with Crippen LogP contribution in [0.5, 0.6) is 0 Å². The number of hydrogen-bond acceptors (Lipinski definition) is 4. The molecular weight excluding hydrogens is 665 g/mol. The minimum absolute atomic E-state index is 0.167. The lowest BCUT2D eigenvalue weighted by Gasteiger charge is -2.16. The summed E-state index contributed by atoms with van der Waals surface area (Å²) < 4.78 is 11.3. The van der Waals surface area contributed by atoms with E-state index >= 15 is 0 Å². The van der Waals surface area contributed by atoms with Crippen molar-refractivity contribution < 1.29 is 19.1 Å². The molecule has 1 atom stereocenters. The van der Waals surface area contributed by atoms with Gasteiger partial charge in [0.05, 0.1) is 25.6 Å². The normalized spacial score (nSPS) is 12.1. The van der Waals surface area contributed by atoms with E-state index in [4.69, 9.17) is 9.47 Å². The Morgan fingerprint density at radius 2 is 0.667 bits per heavy atom. The zero-order chi connectivity index (χ0) is 39.3. The predicted molar refractivity (Wildman–Crippen MR) is 236 cm³/mol. The lowest BCUT2D eigenvalue weighted by atomic mass is 9.97. The van der Waals surface area contributed by atoms with Crippen molar-refractivity contribution in [3.63, 3.8) is 0 Å². The molecule has 0 amide bonds. The van der Waals surface area contributed by atoms with Gasteiger partial charge in [-0.05, 0) is 44.9 Å². The zero-order valence-corrected chi connectivity index (χ0v) is 37.1. The second-order valence-corrected chi connectivity index (χ2v) is 16.8. The van der Waals surface area contributed by atoms with Crippen molar-refractivity contribution in [2.75, 3.05) is 13.2 Å². The van der Waals surface area contributed by atoms with Crippen LogP contribution in [-0.4, -0.2) is 25.2 Å². The summed E-state index contributed by atoms with van der Waals surface area (Å²) in [6.45, 7) is 7.78. The predicted octanol–water partition coefficient (Wildman–Crippen LogP) is 16.9. The maximum atomic E-state index is 13.1. The number of carbonyl (C=O) groups is 2. The van der Waals surface area contributed by atoms with Crippen molar-refractivity contribution in [2.45, 2.75) is 278 Å². The van der Waals surface area contributed by atoms with Crippen LogP contribution in [0.25, 0.3) is 0 Å². The fourth-order valence-corrected chi connectivity index (χ4v) is 7.56. The quantitative estimate of drug-likeness (QED) is 0.0352. The Morgan fingerprint density at radius 3 is 1.04 bits per heavy atom. The van der Waals surface area contributed by atoms with E-state index in [0.29, 0.717) is 13.2 Å². The summed E-state index contributed by atoms with van der Waals surface area (Å²) in [6.07, 6.45) is 54.4. The van der Waals surface area contributed by atoms with Gasteiger partial charge in [0, 0.05) is 0 Å². The van der Waals surface area contributed by atoms with Crippen LogP contribution in [-0.2, 0) is 19.1 Å². The van der Waals surface area contributed by atoms with E-state index in [2.05, 4.69) is 32.9 Å². The van der Waals surface area contributed by atoms with Crippen molar-refractivity contribution in [3.05, 3.63) is 12.2 Å². The van der Waals surface area contributed by atoms with E-state index in [1.165, 1.54) is 205 Å². The molecule has 4 heteroatoms. The van der Waals surface area contributed by atoms with E-state index in [1.807, 2.05) is 0 Å². The average Bonchev–Trinajstić information content (AvgIpc) is 3.17. The van der Waals surface area contributed by atoms with Gasteiger partial charge in [0.2, 0.25) is 0 Å². The fraction of sp³-hybridized carbons (Fsp3) is 0.920. The maximum Gasteiger partial charge on any atom is 0.309 e. The highest BCUT2D eigenvalue weighted by atomic mass is 16.5. The van der Waals surface area contributed by atoms with E-state index in [0.717, 1.165) is 44.9 Å². The third-order valence-electron chi connectivity index (χ3n) is 11.3. The fourth-order valence-electron chi connectivity index (χ4n) is 7.56. The summed E-state index contributed by atoms with van der Waals surface area (Å²) in [5.41, 5.74) is 0. The third kappa shape index (κ3) is 41.8. The van der Waals surface area contributed by atoms with Gasteiger partial charge in [-0.2, -0.15) is 0 Å². The van der Waals surface area contributed by atoms with Gasteiger partial charge in [0.15, 0.2) is 0 Å². The van der Waals surface area contributed by atoms with Crippen molar-refractivity contribution >= 4 is 11.9 Å². The summed E-state index contributed by atoms with van der Waals surface area (Å²) in [5, 5.41) is 0. The second-order valence-electron chi connectivity index (χ2n) is 16.8. The van der Waals surface area contributed by atoms with Crippen LogP contribution in [0.2, 0.25) is 0 Å². The summed E-state index contributed by atoms with van der Waals surface area (Å²) in [5.74, 6) is -0.782. The van der Waals surface area contributed by atoms with E-state index in [9.17, 15) is 9.59 Å². The smallest absolute Gasteiger partial charge is 0.309 e. The van der Waals surface area contributed by atoms with E-state index in [1.54, 1.807) is 0 Å². The minimum Gasteiger partial charge on any atom is -0.466 e. The molecular formula is C50H96O4. The molecule has 0 aliphatic carbocycles. The largest absolute Gasteiger partial charge is 0.466 e. The molecule has 0 radical (unpaired) electrons. The topological polar surface area (TPSA) is 52.6 Å². The van der Waals surface area contributed by atoms with E-state index < -0.39 is 0 Å². The van der Waals surface area contributed by atoms with Gasteiger partial charge >= 0.3 is 11.9 Å². The molecule has 0 aromatic heterocycles. The Hall–Kier alpha value is -1.32. The van der Waals surface area contributed by atoms with Crippen LogP contribution in [0.3, 0.4) is 0 Å². The molecule has 54 heavy (non-hydrogen) atoms. The highest BCUT2D eigenvalue weighted by Gasteiger charge is 2.24. The highest BCUT2D eigenvalue weighted by molar-refractivity contribution is 5.79. The van der Waals surface area contributed by atoms with Gasteiger partial charge in [-0.25, -0.2) is 0 Å². The van der Waals surface area contributed by atoms with Crippen LogP contribution in [0.15, 0.2) is 12.2 Å². The zero-order valence-electron chi connectivity index (χ0n) is 37.1. The van der Waals surface area contributed by atoms with Gasteiger partial charge in [-0.3, -0.25) is 9.59 Å².